The van der Waals surface area contributed by atoms with E-state index in [0.29, 0.717) is 6.54 Å². The third-order valence-corrected chi connectivity index (χ3v) is 3.01. The molecule has 0 aliphatic carbocycles. The quantitative estimate of drug-likeness (QED) is 0.411. The van der Waals surface area contributed by atoms with Gasteiger partial charge in [-0.25, -0.2) is 0 Å². The van der Waals surface area contributed by atoms with E-state index in [4.69, 9.17) is 5.84 Å². The summed E-state index contributed by atoms with van der Waals surface area (Å²) in [7, 11) is 0. The number of nitrogens with one attached hydrogen (secondary N) is 3. The molecule has 0 saturated heterocycles. The molecule has 76 valence electrons. The average molecular weight is 212 g/mol. The Bertz CT molecular complexity index is 362. The lowest BCUT2D eigenvalue weighted by Crippen LogP contribution is -2.51. The fourth-order valence-corrected chi connectivity index (χ4v) is 2.40. The van der Waals surface area contributed by atoms with Crippen molar-refractivity contribution < 1.29 is 4.79 Å². The third kappa shape index (κ3) is 1.59. The van der Waals surface area contributed by atoms with E-state index < -0.39 is 0 Å². The maximum absolute atomic E-state index is 11.6. The molecule has 0 radical (unpaired) electrons. The summed E-state index contributed by atoms with van der Waals surface area (Å²) in [6.45, 7) is 2.48. The molecule has 6 heteroatoms. The molecule has 1 aliphatic heterocycles. The van der Waals surface area contributed by atoms with E-state index in [1.54, 1.807) is 11.3 Å². The minimum atomic E-state index is -0.127. The lowest BCUT2D eigenvalue weighted by Gasteiger charge is -2.24. The molecule has 5 N–H and O–H groups in total. The van der Waals surface area contributed by atoms with E-state index in [1.807, 2.05) is 13.0 Å². The summed E-state index contributed by atoms with van der Waals surface area (Å²) < 4.78 is 0. The van der Waals surface area contributed by atoms with E-state index in [0.717, 1.165) is 15.4 Å². The van der Waals surface area contributed by atoms with Crippen molar-refractivity contribution in [3.8, 4) is 0 Å². The molecule has 14 heavy (non-hydrogen) atoms. The molecule has 0 aromatic carbocycles. The van der Waals surface area contributed by atoms with Crippen LogP contribution in [0.4, 0.5) is 5.00 Å². The summed E-state index contributed by atoms with van der Waals surface area (Å²) in [5.74, 6) is 5.15. The second-order valence-corrected chi connectivity index (χ2v) is 4.43. The highest BCUT2D eigenvalue weighted by molar-refractivity contribution is 7.16. The lowest BCUT2D eigenvalue weighted by molar-refractivity contribution is 0.0936. The molecule has 0 fully saturated rings. The van der Waals surface area contributed by atoms with Crippen LogP contribution in [0.25, 0.3) is 0 Å². The Morgan fingerprint density at radius 1 is 1.64 bits per heavy atom. The van der Waals surface area contributed by atoms with Crippen LogP contribution in [0.3, 0.4) is 0 Å². The molecule has 1 atom stereocenters. The van der Waals surface area contributed by atoms with Gasteiger partial charge in [0.05, 0.1) is 5.56 Å². The molecule has 1 unspecified atom stereocenters. The normalized spacial score (nSPS) is 19.9. The third-order valence-electron chi connectivity index (χ3n) is 2.03. The number of nitrogens with two attached hydrogens (primary N) is 1. The molecular weight excluding hydrogens is 200 g/mol. The fraction of sp³-hybridized carbons (Fsp3) is 0.375. The Kier molecular flexibility index (Phi) is 2.40. The van der Waals surface area contributed by atoms with Gasteiger partial charge in [0.1, 0.15) is 11.2 Å². The van der Waals surface area contributed by atoms with Crippen LogP contribution >= 0.6 is 11.3 Å². The number of hydrogen-bond acceptors (Lipinski definition) is 5. The summed E-state index contributed by atoms with van der Waals surface area (Å²) in [4.78, 5) is 12.7. The highest BCUT2D eigenvalue weighted by atomic mass is 32.1. The van der Waals surface area contributed by atoms with Crippen LogP contribution in [0, 0.1) is 6.92 Å². The summed E-state index contributed by atoms with van der Waals surface area (Å²) in [5.41, 5.74) is 3.25. The van der Waals surface area contributed by atoms with Crippen LogP contribution in [0.1, 0.15) is 15.2 Å². The van der Waals surface area contributed by atoms with Crippen molar-refractivity contribution in [2.24, 2.45) is 5.84 Å². The van der Waals surface area contributed by atoms with Crippen LogP contribution in [0.2, 0.25) is 0 Å². The smallest absolute Gasteiger partial charge is 0.255 e. The molecular formula is C8H12N4OS. The maximum atomic E-state index is 11.6. The zero-order valence-electron chi connectivity index (χ0n) is 7.76. The molecule has 1 aliphatic rings. The van der Waals surface area contributed by atoms with Gasteiger partial charge >= 0.3 is 0 Å². The molecule has 2 heterocycles. The predicted molar refractivity (Wildman–Crippen MR) is 56.1 cm³/mol. The highest BCUT2D eigenvalue weighted by Crippen LogP contribution is 2.29. The minimum Gasteiger partial charge on any atom is -0.355 e. The number of carbonyl (C=O) groups excluding carboxylic acids is 1. The van der Waals surface area contributed by atoms with Crippen molar-refractivity contribution in [3.63, 3.8) is 0 Å². The van der Waals surface area contributed by atoms with Crippen molar-refractivity contribution in [3.05, 3.63) is 16.5 Å². The number of fused-ring (bicyclic) bond motifs is 1. The monoisotopic (exact) mass is 212 g/mol. The molecule has 2 rings (SSSR count). The minimum absolute atomic E-state index is 0.0386. The first-order chi connectivity index (χ1) is 6.70. The number of hydrogen-bond donors (Lipinski definition) is 4. The molecule has 5 nitrogen and oxygen atoms in total. The van der Waals surface area contributed by atoms with Crippen molar-refractivity contribution in [1.82, 2.24) is 10.7 Å². The highest BCUT2D eigenvalue weighted by Gasteiger charge is 2.24. The van der Waals surface area contributed by atoms with Crippen molar-refractivity contribution in [2.45, 2.75) is 13.1 Å². The van der Waals surface area contributed by atoms with Gasteiger partial charge in [-0.1, -0.05) is 0 Å². The van der Waals surface area contributed by atoms with Crippen molar-refractivity contribution >= 4 is 22.2 Å². The van der Waals surface area contributed by atoms with Gasteiger partial charge in [0, 0.05) is 11.4 Å². The molecule has 1 aromatic heterocycles. The predicted octanol–water partition coefficient (Wildman–Crippen LogP) is 0.00122. The van der Waals surface area contributed by atoms with Gasteiger partial charge in [0.25, 0.3) is 5.91 Å². The Morgan fingerprint density at radius 2 is 2.43 bits per heavy atom. The van der Waals surface area contributed by atoms with Crippen LogP contribution in [0.5, 0.6) is 0 Å². The van der Waals surface area contributed by atoms with Gasteiger partial charge in [-0.2, -0.15) is 0 Å². The van der Waals surface area contributed by atoms with Gasteiger partial charge in [-0.15, -0.1) is 11.3 Å². The van der Waals surface area contributed by atoms with Crippen LogP contribution in [0.15, 0.2) is 6.07 Å². The van der Waals surface area contributed by atoms with Crippen LogP contribution < -0.4 is 21.9 Å². The molecule has 1 aromatic rings. The zero-order chi connectivity index (χ0) is 10.1. The number of anilines is 1. The number of thiophene rings is 1. The number of amides is 1. The zero-order valence-corrected chi connectivity index (χ0v) is 8.57. The fourth-order valence-electron chi connectivity index (χ4n) is 1.44. The first kappa shape index (κ1) is 9.45. The van der Waals surface area contributed by atoms with E-state index in [2.05, 4.69) is 16.1 Å². The Balaban J connectivity index is 2.24. The van der Waals surface area contributed by atoms with Gasteiger partial charge in [0.2, 0.25) is 0 Å². The number of rotatable bonds is 2. The summed E-state index contributed by atoms with van der Waals surface area (Å²) in [6, 6.07) is 1.88. The lowest BCUT2D eigenvalue weighted by atomic mass is 10.2. The SMILES string of the molecule is Cc1cc2c(s1)NC(CNN)NC2=O. The Labute approximate surface area is 85.6 Å². The Morgan fingerprint density at radius 3 is 3.14 bits per heavy atom. The van der Waals surface area contributed by atoms with Gasteiger partial charge in [0.15, 0.2) is 0 Å². The number of hydrazine groups is 1. The topological polar surface area (TPSA) is 79.2 Å². The van der Waals surface area contributed by atoms with E-state index >= 15 is 0 Å². The largest absolute Gasteiger partial charge is 0.355 e. The van der Waals surface area contributed by atoms with Crippen molar-refractivity contribution in [2.75, 3.05) is 11.9 Å². The average Bonchev–Trinajstić information content (AvgIpc) is 2.47. The van der Waals surface area contributed by atoms with E-state index in [1.165, 1.54) is 0 Å². The second kappa shape index (κ2) is 3.56. The standard InChI is InChI=1S/C8H12N4OS/c1-4-2-5-7(13)11-6(3-10-9)12-8(5)14-4/h2,6,10,12H,3,9H2,1H3,(H,11,13). The molecule has 0 saturated carbocycles. The molecule has 0 spiro atoms. The van der Waals surface area contributed by atoms with Gasteiger partial charge < -0.3 is 10.6 Å². The van der Waals surface area contributed by atoms with E-state index in [-0.39, 0.29) is 12.1 Å². The van der Waals surface area contributed by atoms with Crippen molar-refractivity contribution in [1.29, 1.82) is 0 Å². The number of aryl methyl sites for hydroxylation is 1. The van der Waals surface area contributed by atoms with E-state index in [9.17, 15) is 4.79 Å². The summed E-state index contributed by atoms with van der Waals surface area (Å²) in [6.07, 6.45) is -0.127. The first-order valence-corrected chi connectivity index (χ1v) is 5.13. The maximum Gasteiger partial charge on any atom is 0.255 e. The first-order valence-electron chi connectivity index (χ1n) is 4.32. The summed E-state index contributed by atoms with van der Waals surface area (Å²) in [5, 5.41) is 6.92. The number of carbonyl (C=O) groups is 1. The second-order valence-electron chi connectivity index (χ2n) is 3.18. The molecule has 1 amide bonds. The summed E-state index contributed by atoms with van der Waals surface area (Å²) >= 11 is 1.58. The van der Waals surface area contributed by atoms with Gasteiger partial charge in [-0.3, -0.25) is 16.1 Å². The Hall–Kier alpha value is -1.11. The van der Waals surface area contributed by atoms with Gasteiger partial charge in [-0.05, 0) is 13.0 Å². The molecule has 0 bridgehead atoms. The van der Waals surface area contributed by atoms with Crippen LogP contribution in [-0.4, -0.2) is 18.6 Å². The van der Waals surface area contributed by atoms with Crippen LogP contribution in [-0.2, 0) is 0 Å².